The van der Waals surface area contributed by atoms with E-state index in [1.165, 1.54) is 70.2 Å². The predicted octanol–water partition coefficient (Wildman–Crippen LogP) is 23.1. The van der Waals surface area contributed by atoms with Crippen LogP contribution >= 0.6 is 0 Å². The maximum Gasteiger partial charge on any atom is 0.458 e. The van der Waals surface area contributed by atoms with E-state index >= 15 is 0 Å². The van der Waals surface area contributed by atoms with E-state index in [0.29, 0.717) is 81.0 Å². The Kier molecular flexibility index (Phi) is 33.6. The number of hydrogen-bond acceptors (Lipinski definition) is 6. The lowest BCUT2D eigenvalue weighted by molar-refractivity contribution is -0.289. The van der Waals surface area contributed by atoms with Gasteiger partial charge in [0, 0.05) is 58.0 Å². The van der Waals surface area contributed by atoms with Gasteiger partial charge in [0.15, 0.2) is 0 Å². The first kappa shape index (κ1) is 86.3. The molecule has 4 rings (SSSR count). The number of hydrogen-bond donors (Lipinski definition) is 3. The molecule has 0 aromatic heterocycles. The largest absolute Gasteiger partial charge is 0.493 e. The molecule has 9 nitrogen and oxygen atoms in total. The van der Waals surface area contributed by atoms with Crippen molar-refractivity contribution in [3.05, 3.63) is 201 Å². The van der Waals surface area contributed by atoms with Crippen LogP contribution < -0.4 is 14.2 Å². The number of rotatable bonds is 29. The summed E-state index contributed by atoms with van der Waals surface area (Å²) in [6, 6.07) is 12.8. The Balaban J connectivity index is 0.000000506. The van der Waals surface area contributed by atoms with Crippen LogP contribution in [0.25, 0.3) is 27.8 Å². The molecule has 0 unspecified atom stereocenters. The van der Waals surface area contributed by atoms with Crippen LogP contribution in [0, 0.1) is 5.82 Å². The quantitative estimate of drug-likeness (QED) is 0.0210. The average molecular weight is 1420 g/mol. The van der Waals surface area contributed by atoms with Gasteiger partial charge in [0.2, 0.25) is 0 Å². The Morgan fingerprint density at radius 1 is 0.485 bits per heavy atom. The van der Waals surface area contributed by atoms with Crippen molar-refractivity contribution in [3.63, 3.8) is 0 Å². The number of carboxylic acids is 3. The van der Waals surface area contributed by atoms with E-state index in [4.69, 9.17) is 29.5 Å². The fourth-order valence-corrected chi connectivity index (χ4v) is 9.09. The molecule has 0 aliphatic rings. The van der Waals surface area contributed by atoms with Crippen LogP contribution in [0.5, 0.6) is 17.2 Å². The molecule has 0 atom stereocenters. The summed E-state index contributed by atoms with van der Waals surface area (Å²) in [4.78, 5) is 32.2. The Morgan fingerprint density at radius 3 is 1.15 bits per heavy atom. The van der Waals surface area contributed by atoms with Gasteiger partial charge in [-0.05, 0) is 170 Å². The Labute approximate surface area is 566 Å². The summed E-state index contributed by atoms with van der Waals surface area (Å²) in [5.74, 6) is -14.5. The highest BCUT2D eigenvalue weighted by atomic mass is 19.4. The van der Waals surface area contributed by atoms with Crippen molar-refractivity contribution in [3.8, 4) is 28.4 Å². The Hall–Kier alpha value is -8.77. The fraction of sp³-hybridized carbons (Fsp3) is 0.392. The van der Waals surface area contributed by atoms with Crippen molar-refractivity contribution in [2.45, 2.75) is 170 Å². The van der Waals surface area contributed by atoms with Gasteiger partial charge < -0.3 is 29.5 Å². The van der Waals surface area contributed by atoms with Crippen molar-refractivity contribution in [1.82, 2.24) is 0 Å². The minimum Gasteiger partial charge on any atom is -0.493 e. The highest BCUT2D eigenvalue weighted by Crippen LogP contribution is 2.50. The third kappa shape index (κ3) is 27.8. The maximum absolute atomic E-state index is 14.5. The number of halogens is 16. The van der Waals surface area contributed by atoms with E-state index in [2.05, 4.69) is 0 Å². The molecule has 0 fully saturated rings. The van der Waals surface area contributed by atoms with Gasteiger partial charge in [-0.25, -0.2) is 27.6 Å². The number of allylic oxidation sites excluding steroid dienone is 15. The smallest absolute Gasteiger partial charge is 0.458 e. The van der Waals surface area contributed by atoms with Crippen LogP contribution in [-0.4, -0.2) is 78.0 Å². The standard InChI is InChI=1S/C26H27F3O3.C24H26F8O3.C24H29F5O3/c1-16(2)21-13-19(20-10-5-6-11-23(20)27)14-22(26(21)32-15-24(28)29)18(4)9-7-8-17(3)12-25(30)31;1-14(2)18-12-17(23(28,29)24(30,31)32)13-19(21(18)35-10-6-9-22(25,26)27)16(4)8-5-7-15(3)11-20(33)34;1-6-7-11-32-22-19(15(2)3)13-18(23(25,26)24(27,28)29)14-20(22)17(5)10-8-9-16(4)12-21(30)31/h5-14,16,24H,15H2,1-4H3,(H,30,31);5,7-8,11-14H,6,9-10H2,1-4H3,(H,33,34);8-10,12-15H,6-7,11H2,1-5H3,(H,30,31)/b8-7+,17-12+,18-9-;7-5+,15-11+,16-8-;9-8+,16-12+,17-10-. The predicted molar refractivity (Wildman–Crippen MR) is 352 cm³/mol. The highest BCUT2D eigenvalue weighted by Gasteiger charge is 2.60. The van der Waals surface area contributed by atoms with Gasteiger partial charge in [-0.15, -0.1) is 0 Å². The molecule has 0 heterocycles. The summed E-state index contributed by atoms with van der Waals surface area (Å²) in [6.45, 7) is 20.8. The van der Waals surface area contributed by atoms with Gasteiger partial charge in [-0.1, -0.05) is 128 Å². The SMILES string of the molecule is C/C(=C/C=C/C(C)=C/C(=O)O)c1cc(-c2ccccc2F)cc(C(C)C)c1OCC(F)F.C/C(=C/C=C/C(C)=C/C(=O)O)c1cc(C(F)(F)C(F)(F)F)cc(C(C)C)c1OCCCC(F)(F)F.CCCCOc1c(\C(C)=C/C=C/C(C)=C/C(=O)O)cc(C(F)(F)C(F)(F)F)cc1C(C)C. The monoisotopic (exact) mass is 1420 g/mol. The summed E-state index contributed by atoms with van der Waals surface area (Å²) in [6.07, 6.45) is -2.18. The first-order valence-electron chi connectivity index (χ1n) is 30.9. The summed E-state index contributed by atoms with van der Waals surface area (Å²) < 4.78 is 230. The van der Waals surface area contributed by atoms with Crippen molar-refractivity contribution in [2.75, 3.05) is 19.8 Å². The highest BCUT2D eigenvalue weighted by molar-refractivity contribution is 5.83. The number of unbranched alkanes of at least 4 members (excludes halogenated alkanes) is 1. The number of aliphatic carboxylic acids is 3. The van der Waals surface area contributed by atoms with Crippen LogP contribution in [-0.2, 0) is 26.2 Å². The summed E-state index contributed by atoms with van der Waals surface area (Å²) >= 11 is 0. The third-order valence-electron chi connectivity index (χ3n) is 14.2. The van der Waals surface area contributed by atoms with Crippen molar-refractivity contribution in [1.29, 1.82) is 0 Å². The number of alkyl halides is 15. The number of ether oxygens (including phenoxy) is 3. The van der Waals surface area contributed by atoms with E-state index in [0.717, 1.165) is 36.8 Å². The van der Waals surface area contributed by atoms with E-state index in [9.17, 15) is 84.6 Å². The lowest BCUT2D eigenvalue weighted by Gasteiger charge is -2.25. The van der Waals surface area contributed by atoms with E-state index in [-0.39, 0.29) is 57.0 Å². The van der Waals surface area contributed by atoms with Crippen LogP contribution in [0.2, 0.25) is 0 Å². The van der Waals surface area contributed by atoms with E-state index in [1.807, 2.05) is 20.8 Å². The van der Waals surface area contributed by atoms with Crippen LogP contribution in [0.15, 0.2) is 150 Å². The first-order valence-corrected chi connectivity index (χ1v) is 30.9. The lowest BCUT2D eigenvalue weighted by atomic mass is 9.90. The summed E-state index contributed by atoms with van der Waals surface area (Å²) in [7, 11) is 0. The van der Waals surface area contributed by atoms with E-state index in [1.54, 1.807) is 90.1 Å². The van der Waals surface area contributed by atoms with Crippen molar-refractivity contribution < 1.29 is 114 Å². The van der Waals surface area contributed by atoms with Crippen molar-refractivity contribution >= 4 is 34.6 Å². The molecule has 0 saturated carbocycles. The second kappa shape index (κ2) is 38.6. The Morgan fingerprint density at radius 2 is 0.828 bits per heavy atom. The minimum atomic E-state index is -5.87. The zero-order valence-corrected chi connectivity index (χ0v) is 56.8. The van der Waals surface area contributed by atoms with Crippen LogP contribution in [0.3, 0.4) is 0 Å². The summed E-state index contributed by atoms with van der Waals surface area (Å²) in [5, 5.41) is 26.3. The van der Waals surface area contributed by atoms with E-state index < -0.39 is 97.8 Å². The van der Waals surface area contributed by atoms with Crippen LogP contribution in [0.1, 0.15) is 178 Å². The fourth-order valence-electron chi connectivity index (χ4n) is 9.09. The molecule has 0 aliphatic carbocycles. The van der Waals surface area contributed by atoms with Gasteiger partial charge >= 0.3 is 48.3 Å². The van der Waals surface area contributed by atoms with Gasteiger partial charge in [-0.2, -0.15) is 57.1 Å². The molecule has 99 heavy (non-hydrogen) atoms. The molecule has 544 valence electrons. The van der Waals surface area contributed by atoms with Crippen LogP contribution in [0.4, 0.5) is 70.2 Å². The molecule has 0 bridgehead atoms. The van der Waals surface area contributed by atoms with Gasteiger partial charge in [0.25, 0.3) is 6.43 Å². The molecule has 0 saturated heterocycles. The minimum absolute atomic E-state index is 0.0212. The molecule has 0 aliphatic heterocycles. The average Bonchev–Trinajstić information content (AvgIpc) is 0.778. The van der Waals surface area contributed by atoms with Gasteiger partial charge in [0.05, 0.1) is 13.2 Å². The molecular formula is C74H82F16O9. The molecule has 0 amide bonds. The molecule has 0 radical (unpaired) electrons. The third-order valence-corrected chi connectivity index (χ3v) is 14.2. The Bertz CT molecular complexity index is 3680. The van der Waals surface area contributed by atoms with Gasteiger partial charge in [0.1, 0.15) is 29.7 Å². The first-order chi connectivity index (χ1) is 45.7. The van der Waals surface area contributed by atoms with Gasteiger partial charge in [-0.3, -0.25) is 0 Å². The molecule has 0 spiro atoms. The molecule has 3 N–H and O–H groups in total. The number of carboxylic acid groups (broad SMARTS) is 3. The second-order valence-electron chi connectivity index (χ2n) is 23.7. The number of benzene rings is 4. The molecule has 4 aromatic rings. The molecular weight excluding hydrogens is 1340 g/mol. The molecule has 4 aromatic carbocycles. The lowest BCUT2D eigenvalue weighted by Crippen LogP contribution is -2.34. The topological polar surface area (TPSA) is 140 Å². The number of carbonyl (C=O) groups is 3. The normalized spacial score (nSPS) is 13.6. The zero-order chi connectivity index (χ0) is 75.7. The molecule has 25 heteroatoms. The van der Waals surface area contributed by atoms with Crippen molar-refractivity contribution in [2.24, 2.45) is 0 Å². The summed E-state index contributed by atoms with van der Waals surface area (Å²) in [5.41, 5.74) is 2.61. The second-order valence-corrected chi connectivity index (χ2v) is 23.7. The maximum atomic E-state index is 14.5. The zero-order valence-electron chi connectivity index (χ0n) is 56.8.